The molecule has 0 bridgehead atoms. The predicted molar refractivity (Wildman–Crippen MR) is 99.0 cm³/mol. The lowest BCUT2D eigenvalue weighted by molar-refractivity contribution is -0.141. The first-order valence-corrected chi connectivity index (χ1v) is 8.70. The monoisotopic (exact) mass is 373 g/mol. The minimum absolute atomic E-state index is 0.159. The summed E-state index contributed by atoms with van der Waals surface area (Å²) in [5.74, 6) is -1.27. The first-order chi connectivity index (χ1) is 12.4. The van der Waals surface area contributed by atoms with Crippen molar-refractivity contribution in [2.24, 2.45) is 5.92 Å². The van der Waals surface area contributed by atoms with E-state index in [1.807, 2.05) is 19.1 Å². The summed E-state index contributed by atoms with van der Waals surface area (Å²) in [5, 5.41) is 10.2. The molecule has 136 valence electrons. The van der Waals surface area contributed by atoms with Crippen LogP contribution in [0.1, 0.15) is 27.4 Å². The van der Waals surface area contributed by atoms with Crippen molar-refractivity contribution >= 4 is 23.5 Å². The molecular formula is C20H20ClNO4. The molecule has 1 heterocycles. The lowest BCUT2D eigenvalue weighted by Crippen LogP contribution is -2.30. The third kappa shape index (κ3) is 3.53. The van der Waals surface area contributed by atoms with Gasteiger partial charge < -0.3 is 14.7 Å². The van der Waals surface area contributed by atoms with Crippen LogP contribution in [-0.4, -0.2) is 42.1 Å². The predicted octanol–water partition coefficient (Wildman–Crippen LogP) is 3.60. The molecule has 0 aromatic heterocycles. The molecule has 1 N–H and O–H groups in total. The Kier molecular flexibility index (Phi) is 5.18. The van der Waals surface area contributed by atoms with E-state index in [-0.39, 0.29) is 18.4 Å². The van der Waals surface area contributed by atoms with Crippen molar-refractivity contribution in [1.82, 2.24) is 4.90 Å². The quantitative estimate of drug-likeness (QED) is 0.889. The smallest absolute Gasteiger partial charge is 0.308 e. The molecular weight excluding hydrogens is 354 g/mol. The molecule has 2 aromatic carbocycles. The fraction of sp³-hybridized carbons (Fsp3) is 0.300. The number of carboxylic acid groups (broad SMARTS) is 1. The third-order valence-electron chi connectivity index (χ3n) is 4.89. The number of methoxy groups -OCH3 is 1. The Morgan fingerprint density at radius 2 is 1.85 bits per heavy atom. The zero-order valence-corrected chi connectivity index (χ0v) is 15.4. The number of likely N-dealkylation sites (tertiary alicyclic amines) is 1. The minimum Gasteiger partial charge on any atom is -0.497 e. The number of aliphatic carboxylic acids is 1. The molecule has 1 amide bonds. The van der Waals surface area contributed by atoms with Gasteiger partial charge in [-0.2, -0.15) is 0 Å². The second kappa shape index (κ2) is 7.38. The van der Waals surface area contributed by atoms with Gasteiger partial charge in [0.05, 0.1) is 13.0 Å². The summed E-state index contributed by atoms with van der Waals surface area (Å²) in [5.41, 5.74) is 2.24. The van der Waals surface area contributed by atoms with Gasteiger partial charge in [-0.3, -0.25) is 9.59 Å². The van der Waals surface area contributed by atoms with E-state index < -0.39 is 11.9 Å². The Morgan fingerprint density at radius 3 is 2.42 bits per heavy atom. The average Bonchev–Trinajstić information content (AvgIpc) is 3.07. The van der Waals surface area contributed by atoms with Crippen LogP contribution in [0.3, 0.4) is 0 Å². The topological polar surface area (TPSA) is 66.8 Å². The Balaban J connectivity index is 1.86. The fourth-order valence-electron chi connectivity index (χ4n) is 3.44. The summed E-state index contributed by atoms with van der Waals surface area (Å²) in [7, 11) is 1.57. The number of nitrogens with zero attached hydrogens (tertiary/aromatic N) is 1. The number of carbonyl (C=O) groups is 2. The van der Waals surface area contributed by atoms with Crippen LogP contribution in [0.15, 0.2) is 42.5 Å². The van der Waals surface area contributed by atoms with Crippen molar-refractivity contribution in [2.45, 2.75) is 12.8 Å². The highest BCUT2D eigenvalue weighted by Gasteiger charge is 2.40. The summed E-state index contributed by atoms with van der Waals surface area (Å²) in [6, 6.07) is 12.4. The zero-order valence-electron chi connectivity index (χ0n) is 14.6. The molecule has 2 aromatic rings. The molecule has 26 heavy (non-hydrogen) atoms. The van der Waals surface area contributed by atoms with Gasteiger partial charge in [0, 0.05) is 29.6 Å². The number of rotatable bonds is 4. The van der Waals surface area contributed by atoms with Gasteiger partial charge in [0.25, 0.3) is 5.91 Å². The molecule has 1 fully saturated rings. The maximum Gasteiger partial charge on any atom is 0.308 e. The Morgan fingerprint density at radius 1 is 1.15 bits per heavy atom. The molecule has 1 aliphatic heterocycles. The molecule has 5 nitrogen and oxygen atoms in total. The van der Waals surface area contributed by atoms with E-state index in [9.17, 15) is 14.7 Å². The van der Waals surface area contributed by atoms with E-state index in [0.29, 0.717) is 22.9 Å². The Hall–Kier alpha value is -2.53. The van der Waals surface area contributed by atoms with E-state index >= 15 is 0 Å². The van der Waals surface area contributed by atoms with E-state index in [1.54, 1.807) is 42.3 Å². The van der Waals surface area contributed by atoms with Crippen molar-refractivity contribution in [3.8, 4) is 5.75 Å². The fourth-order valence-corrected chi connectivity index (χ4v) is 3.57. The summed E-state index contributed by atoms with van der Waals surface area (Å²) in [6.07, 6.45) is 0. The van der Waals surface area contributed by atoms with Crippen LogP contribution in [0.25, 0.3) is 0 Å². The van der Waals surface area contributed by atoms with Gasteiger partial charge in [0.15, 0.2) is 0 Å². The largest absolute Gasteiger partial charge is 0.497 e. The number of ether oxygens (including phenoxy) is 1. The van der Waals surface area contributed by atoms with Crippen LogP contribution in [0.5, 0.6) is 5.75 Å². The van der Waals surface area contributed by atoms with Crippen LogP contribution in [0.2, 0.25) is 5.02 Å². The summed E-state index contributed by atoms with van der Waals surface area (Å²) in [4.78, 5) is 26.3. The standard InChI is InChI=1S/C20H20ClNO4/c1-12-9-15(26-2)7-8-16(12)19(23)22-10-17(18(11-22)20(24)25)13-3-5-14(21)6-4-13/h3-9,17-18H,10-11H2,1-2H3,(H,24,25)/t17-,18+/m0/s1. The zero-order chi connectivity index (χ0) is 18.8. The lowest BCUT2D eigenvalue weighted by Gasteiger charge is -2.18. The van der Waals surface area contributed by atoms with Crippen molar-refractivity contribution in [2.75, 3.05) is 20.2 Å². The first kappa shape index (κ1) is 18.3. The third-order valence-corrected chi connectivity index (χ3v) is 5.14. The van der Waals surface area contributed by atoms with Gasteiger partial charge in [0.2, 0.25) is 0 Å². The molecule has 6 heteroatoms. The highest BCUT2D eigenvalue weighted by molar-refractivity contribution is 6.30. The first-order valence-electron chi connectivity index (χ1n) is 8.33. The van der Waals surface area contributed by atoms with Crippen LogP contribution in [0.4, 0.5) is 0 Å². The van der Waals surface area contributed by atoms with Gasteiger partial charge >= 0.3 is 5.97 Å². The number of aryl methyl sites for hydroxylation is 1. The maximum atomic E-state index is 12.9. The van der Waals surface area contributed by atoms with Gasteiger partial charge in [-0.05, 0) is 48.4 Å². The lowest BCUT2D eigenvalue weighted by atomic mass is 9.89. The average molecular weight is 374 g/mol. The second-order valence-electron chi connectivity index (χ2n) is 6.49. The van der Waals surface area contributed by atoms with Gasteiger partial charge in [-0.25, -0.2) is 0 Å². The number of amides is 1. The Labute approximate surface area is 157 Å². The number of benzene rings is 2. The van der Waals surface area contributed by atoms with Crippen LogP contribution in [0, 0.1) is 12.8 Å². The molecule has 3 rings (SSSR count). The Bertz CT molecular complexity index is 834. The van der Waals surface area contributed by atoms with Crippen LogP contribution >= 0.6 is 11.6 Å². The molecule has 1 aliphatic rings. The summed E-state index contributed by atoms with van der Waals surface area (Å²) < 4.78 is 5.17. The molecule has 0 saturated carbocycles. The maximum absolute atomic E-state index is 12.9. The molecule has 0 spiro atoms. The SMILES string of the molecule is COc1ccc(C(=O)N2C[C@@H](C(=O)O)[C@H](c3ccc(Cl)cc3)C2)c(C)c1. The van der Waals surface area contributed by atoms with E-state index in [1.165, 1.54) is 0 Å². The summed E-state index contributed by atoms with van der Waals surface area (Å²) >= 11 is 5.93. The van der Waals surface area contributed by atoms with Gasteiger partial charge in [-0.15, -0.1) is 0 Å². The number of hydrogen-bond donors (Lipinski definition) is 1. The number of halogens is 1. The van der Waals surface area contributed by atoms with Gasteiger partial charge in [-0.1, -0.05) is 23.7 Å². The van der Waals surface area contributed by atoms with E-state index in [0.717, 1.165) is 11.1 Å². The molecule has 0 aliphatic carbocycles. The molecule has 0 unspecified atom stereocenters. The normalized spacial score (nSPS) is 19.4. The van der Waals surface area contributed by atoms with Crippen molar-refractivity contribution in [1.29, 1.82) is 0 Å². The van der Waals surface area contributed by atoms with Crippen molar-refractivity contribution < 1.29 is 19.4 Å². The number of carbonyl (C=O) groups excluding carboxylic acids is 1. The van der Waals surface area contributed by atoms with Gasteiger partial charge in [0.1, 0.15) is 5.75 Å². The van der Waals surface area contributed by atoms with E-state index in [2.05, 4.69) is 0 Å². The minimum atomic E-state index is -0.897. The highest BCUT2D eigenvalue weighted by atomic mass is 35.5. The number of hydrogen-bond acceptors (Lipinski definition) is 3. The van der Waals surface area contributed by atoms with Crippen molar-refractivity contribution in [3.63, 3.8) is 0 Å². The van der Waals surface area contributed by atoms with Crippen LogP contribution < -0.4 is 4.74 Å². The molecule has 0 radical (unpaired) electrons. The second-order valence-corrected chi connectivity index (χ2v) is 6.93. The van der Waals surface area contributed by atoms with Crippen LogP contribution in [-0.2, 0) is 4.79 Å². The highest BCUT2D eigenvalue weighted by Crippen LogP contribution is 2.34. The number of carboxylic acids is 1. The molecule has 1 saturated heterocycles. The van der Waals surface area contributed by atoms with Crippen molar-refractivity contribution in [3.05, 3.63) is 64.2 Å². The molecule has 2 atom stereocenters. The summed E-state index contributed by atoms with van der Waals surface area (Å²) in [6.45, 7) is 2.40. The van der Waals surface area contributed by atoms with E-state index in [4.69, 9.17) is 16.3 Å².